The number of allylic oxidation sites excluding steroid dienone is 2. The van der Waals surface area contributed by atoms with E-state index >= 15 is 0 Å². The lowest BCUT2D eigenvalue weighted by molar-refractivity contribution is 0.131. The van der Waals surface area contributed by atoms with Crippen LogP contribution in [0, 0.1) is 10.8 Å². The molecule has 0 unspecified atom stereocenters. The van der Waals surface area contributed by atoms with Crippen molar-refractivity contribution in [2.75, 3.05) is 13.1 Å². The number of hydrogen-bond donors (Lipinski definition) is 1. The van der Waals surface area contributed by atoms with Crippen molar-refractivity contribution >= 4 is 12.4 Å². The number of halogens is 1. The first kappa shape index (κ1) is 10.1. The highest BCUT2D eigenvalue weighted by Gasteiger charge is 2.47. The third kappa shape index (κ3) is 1.20. The Morgan fingerprint density at radius 3 is 1.83 bits per heavy atom. The third-order valence-electron chi connectivity index (χ3n) is 3.79. The summed E-state index contributed by atoms with van der Waals surface area (Å²) in [6.07, 6.45) is 7.20. The van der Waals surface area contributed by atoms with Crippen molar-refractivity contribution in [2.24, 2.45) is 10.8 Å². The molecule has 1 fully saturated rings. The van der Waals surface area contributed by atoms with Crippen LogP contribution >= 0.6 is 12.4 Å². The SMILES string of the molecule is C[C@@]12CC=CC[C@]1(C)CNC2.Cl. The molecule has 0 amide bonds. The molecular formula is C10H18ClN. The summed E-state index contributed by atoms with van der Waals surface area (Å²) in [5.74, 6) is 0. The van der Waals surface area contributed by atoms with E-state index in [1.54, 1.807) is 0 Å². The Morgan fingerprint density at radius 2 is 1.42 bits per heavy atom. The van der Waals surface area contributed by atoms with Crippen molar-refractivity contribution in [1.29, 1.82) is 0 Å². The highest BCUT2D eigenvalue weighted by atomic mass is 35.5. The molecule has 0 aromatic heterocycles. The minimum absolute atomic E-state index is 0. The average molecular weight is 188 g/mol. The highest BCUT2D eigenvalue weighted by molar-refractivity contribution is 5.85. The van der Waals surface area contributed by atoms with Gasteiger partial charge in [0.2, 0.25) is 0 Å². The Balaban J connectivity index is 0.000000720. The van der Waals surface area contributed by atoms with Crippen LogP contribution in [0.1, 0.15) is 26.7 Å². The first-order chi connectivity index (χ1) is 5.16. The summed E-state index contributed by atoms with van der Waals surface area (Å²) >= 11 is 0. The zero-order valence-corrected chi connectivity index (χ0v) is 8.71. The van der Waals surface area contributed by atoms with Gasteiger partial charge in [-0.3, -0.25) is 0 Å². The number of rotatable bonds is 0. The Kier molecular flexibility index (Phi) is 2.55. The van der Waals surface area contributed by atoms with Crippen molar-refractivity contribution in [3.63, 3.8) is 0 Å². The fraction of sp³-hybridized carbons (Fsp3) is 0.800. The normalized spacial score (nSPS) is 45.2. The smallest absolute Gasteiger partial charge is 0.00142 e. The Bertz CT molecular complexity index is 182. The summed E-state index contributed by atoms with van der Waals surface area (Å²) in [5.41, 5.74) is 1.06. The predicted octanol–water partition coefficient (Wildman–Crippen LogP) is 2.37. The van der Waals surface area contributed by atoms with E-state index in [1.165, 1.54) is 25.9 Å². The molecule has 1 aliphatic heterocycles. The molecule has 1 heterocycles. The van der Waals surface area contributed by atoms with E-state index in [1.807, 2.05) is 0 Å². The molecule has 0 spiro atoms. The highest BCUT2D eigenvalue weighted by Crippen LogP contribution is 2.49. The van der Waals surface area contributed by atoms with Crippen molar-refractivity contribution in [3.8, 4) is 0 Å². The minimum Gasteiger partial charge on any atom is -0.316 e. The lowest BCUT2D eigenvalue weighted by atomic mass is 9.62. The molecule has 0 bridgehead atoms. The molecule has 2 aliphatic rings. The first-order valence-corrected chi connectivity index (χ1v) is 4.52. The van der Waals surface area contributed by atoms with Gasteiger partial charge >= 0.3 is 0 Å². The van der Waals surface area contributed by atoms with E-state index < -0.39 is 0 Å². The van der Waals surface area contributed by atoms with E-state index in [2.05, 4.69) is 31.3 Å². The Labute approximate surface area is 81.0 Å². The molecule has 1 nitrogen and oxygen atoms in total. The third-order valence-corrected chi connectivity index (χ3v) is 3.79. The van der Waals surface area contributed by atoms with Gasteiger partial charge < -0.3 is 5.32 Å². The van der Waals surface area contributed by atoms with Gasteiger partial charge in [0, 0.05) is 13.1 Å². The second-order valence-electron chi connectivity index (χ2n) is 4.60. The van der Waals surface area contributed by atoms with Gasteiger partial charge in [-0.2, -0.15) is 0 Å². The maximum Gasteiger partial charge on any atom is 0.00142 e. The first-order valence-electron chi connectivity index (χ1n) is 4.52. The fourth-order valence-corrected chi connectivity index (χ4v) is 2.37. The van der Waals surface area contributed by atoms with Crippen LogP contribution in [0.3, 0.4) is 0 Å². The second-order valence-corrected chi connectivity index (χ2v) is 4.60. The van der Waals surface area contributed by atoms with Gasteiger partial charge in [-0.25, -0.2) is 0 Å². The van der Waals surface area contributed by atoms with Gasteiger partial charge in [0.15, 0.2) is 0 Å². The average Bonchev–Trinajstić information content (AvgIpc) is 2.25. The molecule has 0 aromatic carbocycles. The molecule has 2 atom stereocenters. The Hall–Kier alpha value is -0.0100. The number of fused-ring (bicyclic) bond motifs is 1. The summed E-state index contributed by atoms with van der Waals surface area (Å²) in [5, 5.41) is 3.51. The van der Waals surface area contributed by atoms with Gasteiger partial charge in [-0.05, 0) is 23.7 Å². The zero-order valence-electron chi connectivity index (χ0n) is 7.89. The van der Waals surface area contributed by atoms with Gasteiger partial charge in [0.1, 0.15) is 0 Å². The Morgan fingerprint density at radius 1 is 1.00 bits per heavy atom. The van der Waals surface area contributed by atoms with Crippen LogP contribution in [0.15, 0.2) is 12.2 Å². The molecule has 0 aromatic rings. The zero-order chi connectivity index (χ0) is 7.95. The van der Waals surface area contributed by atoms with E-state index in [0.29, 0.717) is 10.8 Å². The predicted molar refractivity (Wildman–Crippen MR) is 54.7 cm³/mol. The summed E-state index contributed by atoms with van der Waals surface area (Å²) in [6, 6.07) is 0. The maximum absolute atomic E-state index is 3.51. The van der Waals surface area contributed by atoms with Crippen molar-refractivity contribution in [2.45, 2.75) is 26.7 Å². The maximum atomic E-state index is 3.51. The lowest BCUT2D eigenvalue weighted by Crippen LogP contribution is -2.37. The monoisotopic (exact) mass is 187 g/mol. The van der Waals surface area contributed by atoms with E-state index in [9.17, 15) is 0 Å². The standard InChI is InChI=1S/C10H17N.ClH/c1-9-5-3-4-6-10(9,2)8-11-7-9;/h3-4,11H,5-8H2,1-2H3;1H/t9-,10+;. The van der Waals surface area contributed by atoms with Crippen LogP contribution in [0.4, 0.5) is 0 Å². The molecule has 0 radical (unpaired) electrons. The topological polar surface area (TPSA) is 12.0 Å². The number of hydrogen-bond acceptors (Lipinski definition) is 1. The van der Waals surface area contributed by atoms with E-state index in [-0.39, 0.29) is 12.4 Å². The summed E-state index contributed by atoms with van der Waals surface area (Å²) in [4.78, 5) is 0. The molecule has 1 saturated heterocycles. The second kappa shape index (κ2) is 3.04. The van der Waals surface area contributed by atoms with Gasteiger partial charge in [-0.15, -0.1) is 12.4 Å². The lowest BCUT2D eigenvalue weighted by Gasteiger charge is -2.41. The van der Waals surface area contributed by atoms with Crippen LogP contribution in [0.2, 0.25) is 0 Å². The van der Waals surface area contributed by atoms with Crippen LogP contribution < -0.4 is 5.32 Å². The van der Waals surface area contributed by atoms with Crippen LogP contribution in [-0.2, 0) is 0 Å². The van der Waals surface area contributed by atoms with Crippen molar-refractivity contribution < 1.29 is 0 Å². The van der Waals surface area contributed by atoms with Gasteiger partial charge in [0.05, 0.1) is 0 Å². The van der Waals surface area contributed by atoms with Crippen LogP contribution in [0.25, 0.3) is 0 Å². The van der Waals surface area contributed by atoms with Crippen molar-refractivity contribution in [1.82, 2.24) is 5.32 Å². The molecule has 2 heteroatoms. The largest absolute Gasteiger partial charge is 0.316 e. The molecule has 0 saturated carbocycles. The number of nitrogens with one attached hydrogen (secondary N) is 1. The molecule has 1 aliphatic carbocycles. The van der Waals surface area contributed by atoms with E-state index in [0.717, 1.165) is 0 Å². The molecule has 70 valence electrons. The summed E-state index contributed by atoms with van der Waals surface area (Å²) < 4.78 is 0. The van der Waals surface area contributed by atoms with Crippen LogP contribution in [0.5, 0.6) is 0 Å². The quantitative estimate of drug-likeness (QED) is 0.575. The van der Waals surface area contributed by atoms with Gasteiger partial charge in [0.25, 0.3) is 0 Å². The minimum atomic E-state index is 0. The van der Waals surface area contributed by atoms with E-state index in [4.69, 9.17) is 0 Å². The van der Waals surface area contributed by atoms with Gasteiger partial charge in [-0.1, -0.05) is 26.0 Å². The molecule has 1 N–H and O–H groups in total. The van der Waals surface area contributed by atoms with Crippen molar-refractivity contribution in [3.05, 3.63) is 12.2 Å². The summed E-state index contributed by atoms with van der Waals surface area (Å²) in [7, 11) is 0. The molecule has 2 rings (SSSR count). The molecular weight excluding hydrogens is 170 g/mol. The van der Waals surface area contributed by atoms with Crippen LogP contribution in [-0.4, -0.2) is 13.1 Å². The summed E-state index contributed by atoms with van der Waals surface area (Å²) in [6.45, 7) is 7.23. The fourth-order valence-electron chi connectivity index (χ4n) is 2.37. The molecule has 12 heavy (non-hydrogen) atoms.